The van der Waals surface area contributed by atoms with E-state index in [1.54, 1.807) is 11.1 Å². The number of benzene rings is 1. The summed E-state index contributed by atoms with van der Waals surface area (Å²) in [6, 6.07) is 9.62. The van der Waals surface area contributed by atoms with Gasteiger partial charge in [0.1, 0.15) is 0 Å². The van der Waals surface area contributed by atoms with Gasteiger partial charge in [0.2, 0.25) is 0 Å². The third kappa shape index (κ3) is 3.80. The van der Waals surface area contributed by atoms with Crippen molar-refractivity contribution in [3.05, 3.63) is 35.4 Å². The molecule has 0 saturated carbocycles. The number of hydrogen-bond acceptors (Lipinski definition) is 2. The minimum atomic E-state index is 0.612. The number of aryl methyl sites for hydroxylation is 1. The largest absolute Gasteiger partial charge is 0.330 e. The molecule has 2 N–H and O–H groups in total. The lowest BCUT2D eigenvalue weighted by Gasteiger charge is -2.33. The topological polar surface area (TPSA) is 29.3 Å². The van der Waals surface area contributed by atoms with Gasteiger partial charge < -0.3 is 10.6 Å². The summed E-state index contributed by atoms with van der Waals surface area (Å²) in [7, 11) is 0. The average Bonchev–Trinajstić information content (AvgIpc) is 2.43. The van der Waals surface area contributed by atoms with Crippen LogP contribution in [0.2, 0.25) is 0 Å². The van der Waals surface area contributed by atoms with Crippen molar-refractivity contribution >= 4 is 0 Å². The van der Waals surface area contributed by atoms with E-state index in [0.717, 1.165) is 19.5 Å². The highest BCUT2D eigenvalue weighted by molar-refractivity contribution is 5.32. The van der Waals surface area contributed by atoms with Crippen molar-refractivity contribution in [3.63, 3.8) is 0 Å². The van der Waals surface area contributed by atoms with Crippen molar-refractivity contribution in [3.8, 4) is 0 Å². The van der Waals surface area contributed by atoms with E-state index in [9.17, 15) is 0 Å². The Morgan fingerprint density at radius 1 is 1.32 bits per heavy atom. The van der Waals surface area contributed by atoms with Crippen molar-refractivity contribution in [1.29, 1.82) is 0 Å². The molecule has 0 fully saturated rings. The molecule has 0 aromatic heterocycles. The first-order chi connectivity index (χ1) is 9.22. The van der Waals surface area contributed by atoms with Crippen LogP contribution >= 0.6 is 0 Å². The van der Waals surface area contributed by atoms with Crippen LogP contribution in [0.5, 0.6) is 0 Å². The number of nitrogens with two attached hydrogens (primary N) is 1. The number of hydrogen-bond donors (Lipinski definition) is 1. The van der Waals surface area contributed by atoms with Crippen molar-refractivity contribution < 1.29 is 0 Å². The van der Waals surface area contributed by atoms with E-state index in [4.69, 9.17) is 5.73 Å². The second-order valence-electron chi connectivity index (χ2n) is 6.02. The molecule has 2 rings (SSSR count). The maximum Gasteiger partial charge on any atom is 0.00531 e. The van der Waals surface area contributed by atoms with Gasteiger partial charge in [-0.3, -0.25) is 0 Å². The molecular formula is C17H28N2. The summed E-state index contributed by atoms with van der Waals surface area (Å²) in [5.74, 6) is 0.713. The SMILES string of the molecule is CC(C)N(CCCN)CC1CCCc2ccccc21. The molecule has 0 heterocycles. The molecule has 106 valence electrons. The maximum atomic E-state index is 5.66. The fourth-order valence-corrected chi connectivity index (χ4v) is 3.18. The van der Waals surface area contributed by atoms with Gasteiger partial charge in [-0.05, 0) is 69.7 Å². The first kappa shape index (κ1) is 14.5. The second-order valence-corrected chi connectivity index (χ2v) is 6.02. The zero-order valence-electron chi connectivity index (χ0n) is 12.4. The highest BCUT2D eigenvalue weighted by Crippen LogP contribution is 2.32. The molecule has 0 amide bonds. The highest BCUT2D eigenvalue weighted by atomic mass is 15.1. The van der Waals surface area contributed by atoms with E-state index in [0.29, 0.717) is 12.0 Å². The van der Waals surface area contributed by atoms with Gasteiger partial charge in [-0.15, -0.1) is 0 Å². The summed E-state index contributed by atoms with van der Waals surface area (Å²) in [4.78, 5) is 2.60. The van der Waals surface area contributed by atoms with Crippen LogP contribution in [0.25, 0.3) is 0 Å². The molecule has 0 spiro atoms. The molecule has 1 unspecified atom stereocenters. The molecule has 1 aliphatic rings. The van der Waals surface area contributed by atoms with E-state index in [-0.39, 0.29) is 0 Å². The van der Waals surface area contributed by atoms with Crippen LogP contribution in [-0.2, 0) is 6.42 Å². The number of rotatable bonds is 6. The molecule has 1 atom stereocenters. The standard InChI is InChI=1S/C17H28N2/c1-14(2)19(12-6-11-18)13-16-9-5-8-15-7-3-4-10-17(15)16/h3-4,7,10,14,16H,5-6,8-9,11-13,18H2,1-2H3. The predicted molar refractivity (Wildman–Crippen MR) is 82.5 cm³/mol. The van der Waals surface area contributed by atoms with Crippen LogP contribution in [0, 0.1) is 0 Å². The van der Waals surface area contributed by atoms with E-state index >= 15 is 0 Å². The van der Waals surface area contributed by atoms with E-state index < -0.39 is 0 Å². The third-order valence-electron chi connectivity index (χ3n) is 4.33. The Labute approximate surface area is 118 Å². The second kappa shape index (κ2) is 7.06. The Hall–Kier alpha value is -0.860. The van der Waals surface area contributed by atoms with E-state index in [1.807, 2.05) is 0 Å². The summed E-state index contributed by atoms with van der Waals surface area (Å²) in [5, 5.41) is 0. The van der Waals surface area contributed by atoms with Gasteiger partial charge in [-0.25, -0.2) is 0 Å². The Morgan fingerprint density at radius 3 is 2.84 bits per heavy atom. The lowest BCUT2D eigenvalue weighted by atomic mass is 9.82. The van der Waals surface area contributed by atoms with Gasteiger partial charge in [0.15, 0.2) is 0 Å². The molecule has 1 aromatic carbocycles. The van der Waals surface area contributed by atoms with Crippen molar-refractivity contribution in [2.24, 2.45) is 5.73 Å². The van der Waals surface area contributed by atoms with Gasteiger partial charge in [-0.1, -0.05) is 24.3 Å². The highest BCUT2D eigenvalue weighted by Gasteiger charge is 2.22. The molecule has 1 aliphatic carbocycles. The van der Waals surface area contributed by atoms with E-state index in [1.165, 1.54) is 25.8 Å². The van der Waals surface area contributed by atoms with Gasteiger partial charge in [-0.2, -0.15) is 0 Å². The monoisotopic (exact) mass is 260 g/mol. The maximum absolute atomic E-state index is 5.66. The third-order valence-corrected chi connectivity index (χ3v) is 4.33. The Balaban J connectivity index is 2.05. The normalized spacial score (nSPS) is 18.9. The number of fused-ring (bicyclic) bond motifs is 1. The summed E-state index contributed by atoms with van der Waals surface area (Å²) in [5.41, 5.74) is 8.82. The quantitative estimate of drug-likeness (QED) is 0.851. The van der Waals surface area contributed by atoms with Crippen LogP contribution in [0.15, 0.2) is 24.3 Å². The molecule has 2 nitrogen and oxygen atoms in total. The fourth-order valence-electron chi connectivity index (χ4n) is 3.18. The number of nitrogens with zero attached hydrogens (tertiary/aromatic N) is 1. The first-order valence-corrected chi connectivity index (χ1v) is 7.74. The first-order valence-electron chi connectivity index (χ1n) is 7.74. The molecule has 19 heavy (non-hydrogen) atoms. The smallest absolute Gasteiger partial charge is 0.00531 e. The van der Waals surface area contributed by atoms with Crippen molar-refractivity contribution in [1.82, 2.24) is 4.90 Å². The predicted octanol–water partition coefficient (Wildman–Crippen LogP) is 3.17. The van der Waals surface area contributed by atoms with Gasteiger partial charge in [0.05, 0.1) is 0 Å². The Bertz CT molecular complexity index is 387. The molecule has 2 heteroatoms. The average molecular weight is 260 g/mol. The summed E-state index contributed by atoms with van der Waals surface area (Å²) >= 11 is 0. The van der Waals surface area contributed by atoms with Crippen molar-refractivity contribution in [2.45, 2.75) is 51.5 Å². The van der Waals surface area contributed by atoms with Crippen LogP contribution in [0.4, 0.5) is 0 Å². The van der Waals surface area contributed by atoms with Crippen molar-refractivity contribution in [2.75, 3.05) is 19.6 Å². The van der Waals surface area contributed by atoms with Gasteiger partial charge in [0.25, 0.3) is 0 Å². The zero-order chi connectivity index (χ0) is 13.7. The van der Waals surface area contributed by atoms with Crippen LogP contribution in [-0.4, -0.2) is 30.6 Å². The van der Waals surface area contributed by atoms with Gasteiger partial charge >= 0.3 is 0 Å². The van der Waals surface area contributed by atoms with Gasteiger partial charge in [0, 0.05) is 12.6 Å². The minimum absolute atomic E-state index is 0.612. The summed E-state index contributed by atoms with van der Waals surface area (Å²) in [6.45, 7) is 7.71. The summed E-state index contributed by atoms with van der Waals surface area (Å²) in [6.07, 6.45) is 5.04. The molecule has 1 aromatic rings. The molecular weight excluding hydrogens is 232 g/mol. The van der Waals surface area contributed by atoms with Crippen LogP contribution in [0.3, 0.4) is 0 Å². The molecule has 0 saturated heterocycles. The fraction of sp³-hybridized carbons (Fsp3) is 0.647. The Morgan fingerprint density at radius 2 is 2.11 bits per heavy atom. The summed E-state index contributed by atoms with van der Waals surface area (Å²) < 4.78 is 0. The van der Waals surface area contributed by atoms with Crippen LogP contribution in [0.1, 0.15) is 50.2 Å². The Kier molecular flexibility index (Phi) is 5.41. The molecule has 0 aliphatic heterocycles. The molecule has 0 bridgehead atoms. The zero-order valence-corrected chi connectivity index (χ0v) is 12.4. The minimum Gasteiger partial charge on any atom is -0.330 e. The lowest BCUT2D eigenvalue weighted by Crippen LogP contribution is -2.37. The van der Waals surface area contributed by atoms with Crippen LogP contribution < -0.4 is 5.73 Å². The molecule has 0 radical (unpaired) electrons. The van der Waals surface area contributed by atoms with E-state index in [2.05, 4.69) is 43.0 Å². The lowest BCUT2D eigenvalue weighted by molar-refractivity contribution is 0.200.